The number of ether oxygens (including phenoxy) is 1. The minimum Gasteiger partial charge on any atom is -0.462 e. The summed E-state index contributed by atoms with van der Waals surface area (Å²) in [6.07, 6.45) is 7.51. The summed E-state index contributed by atoms with van der Waals surface area (Å²) in [6, 6.07) is 0. The molecule has 0 aromatic heterocycles. The Bertz CT molecular complexity index is 299. The van der Waals surface area contributed by atoms with Crippen molar-refractivity contribution in [1.82, 2.24) is 0 Å². The highest BCUT2D eigenvalue weighted by Gasteiger charge is 2.25. The van der Waals surface area contributed by atoms with Crippen molar-refractivity contribution in [3.63, 3.8) is 0 Å². The molecule has 0 aromatic rings. The minimum absolute atomic E-state index is 0.0904. The van der Waals surface area contributed by atoms with Crippen LogP contribution in [0.15, 0.2) is 12.2 Å². The van der Waals surface area contributed by atoms with Crippen LogP contribution in [0.3, 0.4) is 0 Å². The highest BCUT2D eigenvalue weighted by molar-refractivity contribution is 5.73. The van der Waals surface area contributed by atoms with Crippen LogP contribution in [0.2, 0.25) is 0 Å². The molecule has 0 radical (unpaired) electrons. The van der Waals surface area contributed by atoms with Crippen molar-refractivity contribution in [2.24, 2.45) is 5.92 Å². The van der Waals surface area contributed by atoms with Gasteiger partial charge in [0.1, 0.15) is 6.10 Å². The van der Waals surface area contributed by atoms with E-state index in [1.54, 1.807) is 19.9 Å². The van der Waals surface area contributed by atoms with Gasteiger partial charge in [0.25, 0.3) is 0 Å². The smallest absolute Gasteiger partial charge is 0.311 e. The van der Waals surface area contributed by atoms with Gasteiger partial charge in [0.05, 0.1) is 18.1 Å². The maximum atomic E-state index is 11.9. The molecule has 4 atom stereocenters. The zero-order valence-electron chi connectivity index (χ0n) is 11.9. The molecular formula is C15H26O4. The molecule has 0 saturated carbocycles. The van der Waals surface area contributed by atoms with Crippen LogP contribution in [0.5, 0.6) is 0 Å². The Morgan fingerprint density at radius 2 is 2.26 bits per heavy atom. The molecule has 1 rings (SSSR count). The lowest BCUT2D eigenvalue weighted by Gasteiger charge is -2.23. The number of esters is 1. The fourth-order valence-electron chi connectivity index (χ4n) is 2.18. The largest absolute Gasteiger partial charge is 0.462 e. The van der Waals surface area contributed by atoms with E-state index in [1.807, 2.05) is 6.08 Å². The van der Waals surface area contributed by atoms with Gasteiger partial charge in [-0.1, -0.05) is 12.2 Å². The van der Waals surface area contributed by atoms with E-state index in [9.17, 15) is 15.0 Å². The zero-order chi connectivity index (χ0) is 14.3. The Hall–Kier alpha value is -0.870. The highest BCUT2D eigenvalue weighted by Crippen LogP contribution is 2.19. The number of allylic oxidation sites excluding steroid dienone is 1. The summed E-state index contributed by atoms with van der Waals surface area (Å²) in [6.45, 7) is 3.45. The number of carbonyl (C=O) groups is 1. The van der Waals surface area contributed by atoms with Gasteiger partial charge in [-0.05, 0) is 52.4 Å². The Labute approximate surface area is 115 Å². The van der Waals surface area contributed by atoms with Crippen LogP contribution in [0.1, 0.15) is 52.4 Å². The van der Waals surface area contributed by atoms with Gasteiger partial charge in [-0.15, -0.1) is 0 Å². The topological polar surface area (TPSA) is 66.8 Å². The van der Waals surface area contributed by atoms with E-state index >= 15 is 0 Å². The molecule has 0 fully saturated rings. The van der Waals surface area contributed by atoms with Crippen molar-refractivity contribution >= 4 is 5.97 Å². The maximum absolute atomic E-state index is 11.9. The molecule has 2 N–H and O–H groups in total. The summed E-state index contributed by atoms with van der Waals surface area (Å²) in [4.78, 5) is 11.9. The average Bonchev–Trinajstić information content (AvgIpc) is 2.35. The van der Waals surface area contributed by atoms with Crippen molar-refractivity contribution < 1.29 is 19.7 Å². The molecule has 0 aromatic carbocycles. The Morgan fingerprint density at radius 3 is 2.95 bits per heavy atom. The third-order valence-corrected chi connectivity index (χ3v) is 3.55. The Kier molecular flexibility index (Phi) is 7.10. The summed E-state index contributed by atoms with van der Waals surface area (Å²) >= 11 is 0. The standard InChI is InChI=1S/C15H26O4/c1-11(16)7-6-9-13-8-4-3-5-10-14(17)12(2)15(18)19-13/h5,10-14,16-17H,3-4,6-9H2,1-2H3/b10-5+/t11-,12+,13-,14+/m0/s1. The van der Waals surface area contributed by atoms with Gasteiger partial charge in [-0.3, -0.25) is 4.79 Å². The molecule has 4 nitrogen and oxygen atoms in total. The number of hydrogen-bond acceptors (Lipinski definition) is 4. The van der Waals surface area contributed by atoms with Crippen molar-refractivity contribution in [3.05, 3.63) is 12.2 Å². The first-order chi connectivity index (χ1) is 9.00. The molecule has 0 aliphatic carbocycles. The van der Waals surface area contributed by atoms with Crippen LogP contribution in [0.4, 0.5) is 0 Å². The van der Waals surface area contributed by atoms with E-state index in [2.05, 4.69) is 0 Å². The van der Waals surface area contributed by atoms with Gasteiger partial charge in [0.2, 0.25) is 0 Å². The summed E-state index contributed by atoms with van der Waals surface area (Å²) in [5.74, 6) is -0.852. The van der Waals surface area contributed by atoms with Crippen molar-refractivity contribution in [3.8, 4) is 0 Å². The maximum Gasteiger partial charge on any atom is 0.311 e. The predicted molar refractivity (Wildman–Crippen MR) is 73.6 cm³/mol. The molecule has 0 saturated heterocycles. The van der Waals surface area contributed by atoms with Crippen LogP contribution in [-0.2, 0) is 9.53 Å². The van der Waals surface area contributed by atoms with Gasteiger partial charge in [0.15, 0.2) is 0 Å². The Balaban J connectivity index is 2.52. The van der Waals surface area contributed by atoms with Crippen LogP contribution >= 0.6 is 0 Å². The summed E-state index contributed by atoms with van der Waals surface area (Å²) in [5.41, 5.74) is 0. The molecule has 1 heterocycles. The first-order valence-corrected chi connectivity index (χ1v) is 7.24. The molecule has 19 heavy (non-hydrogen) atoms. The normalized spacial score (nSPS) is 32.4. The van der Waals surface area contributed by atoms with Gasteiger partial charge in [-0.2, -0.15) is 0 Å². The van der Waals surface area contributed by atoms with Gasteiger partial charge in [0, 0.05) is 0 Å². The highest BCUT2D eigenvalue weighted by atomic mass is 16.5. The zero-order valence-corrected chi connectivity index (χ0v) is 11.9. The molecule has 1 aliphatic heterocycles. The monoisotopic (exact) mass is 270 g/mol. The third kappa shape index (κ3) is 6.21. The van der Waals surface area contributed by atoms with Gasteiger partial charge in [-0.25, -0.2) is 0 Å². The number of aliphatic hydroxyl groups excluding tert-OH is 2. The molecular weight excluding hydrogens is 244 g/mol. The van der Waals surface area contributed by atoms with Crippen LogP contribution in [-0.4, -0.2) is 34.5 Å². The predicted octanol–water partition coefficient (Wildman–Crippen LogP) is 2.19. The van der Waals surface area contributed by atoms with Gasteiger partial charge < -0.3 is 14.9 Å². The second-order valence-electron chi connectivity index (χ2n) is 5.48. The Morgan fingerprint density at radius 1 is 1.53 bits per heavy atom. The number of cyclic esters (lactones) is 1. The number of aliphatic hydroxyl groups is 2. The van der Waals surface area contributed by atoms with Crippen LogP contribution in [0.25, 0.3) is 0 Å². The summed E-state index contributed by atoms with van der Waals surface area (Å²) in [7, 11) is 0. The molecule has 0 spiro atoms. The lowest BCUT2D eigenvalue weighted by Crippen LogP contribution is -2.30. The van der Waals surface area contributed by atoms with E-state index < -0.39 is 12.0 Å². The average molecular weight is 270 g/mol. The van der Waals surface area contributed by atoms with E-state index in [1.165, 1.54) is 0 Å². The van der Waals surface area contributed by atoms with E-state index in [0.29, 0.717) is 0 Å². The second-order valence-corrected chi connectivity index (χ2v) is 5.48. The number of hydrogen-bond donors (Lipinski definition) is 2. The van der Waals surface area contributed by atoms with Crippen LogP contribution in [0, 0.1) is 5.92 Å². The SMILES string of the molecule is C[C@H](O)CCC[C@@H]1CCC/C=C/[C@@H](O)[C@@H](C)C(=O)O1. The first-order valence-electron chi connectivity index (χ1n) is 7.24. The number of carbonyl (C=O) groups excluding carboxylic acids is 1. The number of rotatable bonds is 4. The molecule has 4 heteroatoms. The second kappa shape index (κ2) is 8.33. The van der Waals surface area contributed by atoms with E-state index in [-0.39, 0.29) is 18.2 Å². The fraction of sp³-hybridized carbons (Fsp3) is 0.800. The first kappa shape index (κ1) is 16.2. The third-order valence-electron chi connectivity index (χ3n) is 3.55. The van der Waals surface area contributed by atoms with E-state index in [0.717, 1.165) is 38.5 Å². The lowest BCUT2D eigenvalue weighted by atomic mass is 10.00. The summed E-state index contributed by atoms with van der Waals surface area (Å²) < 4.78 is 5.48. The molecule has 110 valence electrons. The fourth-order valence-corrected chi connectivity index (χ4v) is 2.18. The molecule has 0 amide bonds. The van der Waals surface area contributed by atoms with Crippen LogP contribution < -0.4 is 0 Å². The summed E-state index contributed by atoms with van der Waals surface area (Å²) in [5, 5.41) is 19.0. The lowest BCUT2D eigenvalue weighted by molar-refractivity contribution is -0.157. The van der Waals surface area contributed by atoms with Gasteiger partial charge >= 0.3 is 5.97 Å². The van der Waals surface area contributed by atoms with Crippen molar-refractivity contribution in [2.45, 2.75) is 70.7 Å². The minimum atomic E-state index is -0.760. The molecule has 0 unspecified atom stereocenters. The molecule has 1 aliphatic rings. The molecule has 0 bridgehead atoms. The quantitative estimate of drug-likeness (QED) is 0.607. The van der Waals surface area contributed by atoms with Crippen molar-refractivity contribution in [1.29, 1.82) is 0 Å². The van der Waals surface area contributed by atoms with Crippen molar-refractivity contribution in [2.75, 3.05) is 0 Å². The van der Waals surface area contributed by atoms with E-state index in [4.69, 9.17) is 4.74 Å².